The molecule has 0 atom stereocenters. The number of nitrogens with one attached hydrogen (secondary N) is 1. The molecule has 1 aromatic carbocycles. The molecule has 28 heavy (non-hydrogen) atoms. The van der Waals surface area contributed by atoms with Gasteiger partial charge in [-0.25, -0.2) is 0 Å². The lowest BCUT2D eigenvalue weighted by atomic mass is 9.75. The number of ether oxygens (including phenoxy) is 1. The van der Waals surface area contributed by atoms with Crippen LogP contribution >= 0.6 is 0 Å². The summed E-state index contributed by atoms with van der Waals surface area (Å²) >= 11 is 0. The van der Waals surface area contributed by atoms with Crippen LogP contribution in [0, 0.1) is 5.92 Å². The molecule has 2 aliphatic heterocycles. The summed E-state index contributed by atoms with van der Waals surface area (Å²) in [4.78, 5) is 12.3. The van der Waals surface area contributed by atoms with Crippen molar-refractivity contribution in [1.29, 1.82) is 0 Å². The number of rotatable bonds is 3. The molecule has 0 aromatic heterocycles. The SMILES string of the molecule is CC1(C)OB(c2ccc(NC(=O)C3CCOCC3)cc2C(F)(F)F)OC1(C)C. The van der Waals surface area contributed by atoms with Crippen LogP contribution in [0.15, 0.2) is 18.2 Å². The quantitative estimate of drug-likeness (QED) is 0.793. The molecule has 2 heterocycles. The van der Waals surface area contributed by atoms with Crippen molar-refractivity contribution in [2.45, 2.75) is 57.9 Å². The van der Waals surface area contributed by atoms with E-state index < -0.39 is 30.1 Å². The minimum atomic E-state index is -4.61. The van der Waals surface area contributed by atoms with Crippen molar-refractivity contribution in [2.24, 2.45) is 5.92 Å². The number of benzene rings is 1. The molecule has 154 valence electrons. The van der Waals surface area contributed by atoms with E-state index >= 15 is 0 Å². The Hall–Kier alpha value is -1.58. The predicted octanol–water partition coefficient (Wildman–Crippen LogP) is 3.37. The Morgan fingerprint density at radius 1 is 1.11 bits per heavy atom. The summed E-state index contributed by atoms with van der Waals surface area (Å²) in [6.45, 7) is 8.08. The maximum absolute atomic E-state index is 13.7. The summed E-state index contributed by atoms with van der Waals surface area (Å²) in [6, 6.07) is 3.70. The highest BCUT2D eigenvalue weighted by molar-refractivity contribution is 6.62. The summed E-state index contributed by atoms with van der Waals surface area (Å²) in [5, 5.41) is 2.60. The smallest absolute Gasteiger partial charge is 0.399 e. The van der Waals surface area contributed by atoms with Crippen molar-refractivity contribution < 1.29 is 32.0 Å². The standard InChI is InChI=1S/C19H25BF3NO4/c1-17(2)18(3,4)28-20(27-17)15-6-5-13(11-14(15)19(21,22)23)24-16(25)12-7-9-26-10-8-12/h5-6,11-12H,7-10H2,1-4H3,(H,24,25). The van der Waals surface area contributed by atoms with Gasteiger partial charge in [0.1, 0.15) is 0 Å². The van der Waals surface area contributed by atoms with E-state index in [2.05, 4.69) is 5.32 Å². The molecule has 9 heteroatoms. The maximum atomic E-state index is 13.7. The minimum Gasteiger partial charge on any atom is -0.399 e. The molecule has 0 aliphatic carbocycles. The molecular weight excluding hydrogens is 374 g/mol. The maximum Gasteiger partial charge on any atom is 0.495 e. The number of hydrogen-bond donors (Lipinski definition) is 1. The third-order valence-electron chi connectivity index (χ3n) is 5.73. The average Bonchev–Trinajstić information content (AvgIpc) is 2.82. The van der Waals surface area contributed by atoms with E-state index in [-0.39, 0.29) is 23.0 Å². The fraction of sp³-hybridized carbons (Fsp3) is 0.632. The summed E-state index contributed by atoms with van der Waals surface area (Å²) in [5.41, 5.74) is -2.39. The fourth-order valence-corrected chi connectivity index (χ4v) is 3.26. The van der Waals surface area contributed by atoms with Crippen molar-refractivity contribution in [3.63, 3.8) is 0 Å². The monoisotopic (exact) mass is 399 g/mol. The first-order valence-electron chi connectivity index (χ1n) is 9.36. The van der Waals surface area contributed by atoms with Crippen molar-refractivity contribution in [2.75, 3.05) is 18.5 Å². The van der Waals surface area contributed by atoms with E-state index in [0.717, 1.165) is 6.07 Å². The van der Waals surface area contributed by atoms with Crippen LogP contribution in [-0.2, 0) is 25.0 Å². The number of halogens is 3. The van der Waals surface area contributed by atoms with Gasteiger partial charge in [0, 0.05) is 24.8 Å². The van der Waals surface area contributed by atoms with Gasteiger partial charge in [0.2, 0.25) is 5.91 Å². The third-order valence-corrected chi connectivity index (χ3v) is 5.73. The summed E-state index contributed by atoms with van der Waals surface area (Å²) in [5.74, 6) is -0.550. The molecule has 0 radical (unpaired) electrons. The molecule has 5 nitrogen and oxygen atoms in total. The van der Waals surface area contributed by atoms with E-state index in [0.29, 0.717) is 26.1 Å². The molecule has 0 spiro atoms. The second-order valence-electron chi connectivity index (χ2n) is 8.26. The largest absolute Gasteiger partial charge is 0.495 e. The first-order valence-corrected chi connectivity index (χ1v) is 9.36. The number of anilines is 1. The Morgan fingerprint density at radius 2 is 1.68 bits per heavy atom. The Labute approximate surface area is 163 Å². The molecule has 0 unspecified atom stereocenters. The molecule has 1 aromatic rings. The Morgan fingerprint density at radius 3 is 2.21 bits per heavy atom. The molecule has 2 aliphatic rings. The zero-order chi connectivity index (χ0) is 20.7. The van der Waals surface area contributed by atoms with E-state index in [1.807, 2.05) is 0 Å². The molecule has 3 rings (SSSR count). The molecule has 2 fully saturated rings. The van der Waals surface area contributed by atoms with E-state index in [9.17, 15) is 18.0 Å². The number of hydrogen-bond acceptors (Lipinski definition) is 4. The van der Waals surface area contributed by atoms with Crippen LogP contribution in [0.5, 0.6) is 0 Å². The van der Waals surface area contributed by atoms with Crippen LogP contribution in [-0.4, -0.2) is 37.4 Å². The fourth-order valence-electron chi connectivity index (χ4n) is 3.26. The van der Waals surface area contributed by atoms with Gasteiger partial charge in [0.15, 0.2) is 0 Å². The minimum absolute atomic E-state index is 0.101. The summed E-state index contributed by atoms with van der Waals surface area (Å²) < 4.78 is 57.9. The lowest BCUT2D eigenvalue weighted by molar-refractivity contribution is -0.137. The molecular formula is C19H25BF3NO4. The zero-order valence-corrected chi connectivity index (χ0v) is 16.5. The van der Waals surface area contributed by atoms with Crippen molar-refractivity contribution >= 4 is 24.2 Å². The van der Waals surface area contributed by atoms with Crippen molar-refractivity contribution in [1.82, 2.24) is 0 Å². The van der Waals surface area contributed by atoms with Crippen LogP contribution in [0.2, 0.25) is 0 Å². The van der Waals surface area contributed by atoms with Crippen LogP contribution in [0.3, 0.4) is 0 Å². The van der Waals surface area contributed by atoms with Gasteiger partial charge < -0.3 is 19.4 Å². The third kappa shape index (κ3) is 4.21. The average molecular weight is 399 g/mol. The first-order chi connectivity index (χ1) is 12.9. The number of alkyl halides is 3. The van der Waals surface area contributed by atoms with Gasteiger partial charge in [-0.1, -0.05) is 6.07 Å². The Bertz CT molecular complexity index is 729. The summed E-state index contributed by atoms with van der Waals surface area (Å²) in [7, 11) is -1.14. The molecule has 0 saturated carbocycles. The second-order valence-corrected chi connectivity index (χ2v) is 8.26. The molecule has 0 bridgehead atoms. The predicted molar refractivity (Wildman–Crippen MR) is 99.3 cm³/mol. The van der Waals surface area contributed by atoms with Crippen LogP contribution < -0.4 is 10.8 Å². The van der Waals surface area contributed by atoms with Gasteiger partial charge in [-0.3, -0.25) is 4.79 Å². The van der Waals surface area contributed by atoms with E-state index in [1.54, 1.807) is 27.7 Å². The number of carbonyl (C=O) groups excluding carboxylic acids is 1. The highest BCUT2D eigenvalue weighted by Crippen LogP contribution is 2.38. The lowest BCUT2D eigenvalue weighted by Gasteiger charge is -2.32. The van der Waals surface area contributed by atoms with Gasteiger partial charge in [-0.05, 0) is 58.1 Å². The Kier molecular flexibility index (Phi) is 5.55. The van der Waals surface area contributed by atoms with Crippen LogP contribution in [0.25, 0.3) is 0 Å². The highest BCUT2D eigenvalue weighted by atomic mass is 19.4. The zero-order valence-electron chi connectivity index (χ0n) is 16.5. The van der Waals surface area contributed by atoms with Gasteiger partial charge in [0.05, 0.1) is 16.8 Å². The van der Waals surface area contributed by atoms with Crippen LogP contribution in [0.1, 0.15) is 46.1 Å². The molecule has 1 N–H and O–H groups in total. The topological polar surface area (TPSA) is 56.8 Å². The van der Waals surface area contributed by atoms with Gasteiger partial charge >= 0.3 is 13.3 Å². The number of carbonyl (C=O) groups is 1. The highest BCUT2D eigenvalue weighted by Gasteiger charge is 2.53. The van der Waals surface area contributed by atoms with E-state index in [4.69, 9.17) is 14.0 Å². The molecule has 2 saturated heterocycles. The van der Waals surface area contributed by atoms with Crippen molar-refractivity contribution in [3.8, 4) is 0 Å². The second kappa shape index (κ2) is 7.35. The first kappa shape index (κ1) is 21.1. The van der Waals surface area contributed by atoms with Crippen molar-refractivity contribution in [3.05, 3.63) is 23.8 Å². The summed E-state index contributed by atoms with van der Waals surface area (Å²) in [6.07, 6.45) is -3.49. The van der Waals surface area contributed by atoms with Gasteiger partial charge in [-0.2, -0.15) is 13.2 Å². The van der Waals surface area contributed by atoms with E-state index in [1.165, 1.54) is 12.1 Å². The lowest BCUT2D eigenvalue weighted by Crippen LogP contribution is -2.41. The molecule has 1 amide bonds. The number of amides is 1. The van der Waals surface area contributed by atoms with Crippen LogP contribution in [0.4, 0.5) is 18.9 Å². The Balaban J connectivity index is 1.86. The van der Waals surface area contributed by atoms with Gasteiger partial charge in [0.25, 0.3) is 0 Å². The van der Waals surface area contributed by atoms with Gasteiger partial charge in [-0.15, -0.1) is 0 Å². The normalized spacial score (nSPS) is 22.3.